The maximum Gasteiger partial charge on any atom is 0.257 e. The number of methoxy groups -OCH3 is 2. The minimum Gasteiger partial charge on any atom is -0.497 e. The standard InChI is InChI=1S/C24H24F5N3O3S/c1-34-13-3-4-15(35-2)14(11-13)22(33)31-8-5-24(6-9-31)7-10-32(12-24)23(36)30-21-19(28)17(26)16(25)18(27)20(21)29/h3-4,11H,5-10,12H2,1-2H3,(H,30,36). The van der Waals surface area contributed by atoms with Gasteiger partial charge in [0.1, 0.15) is 17.2 Å². The molecule has 0 bridgehead atoms. The van der Waals surface area contributed by atoms with Crippen molar-refractivity contribution in [3.05, 3.63) is 52.8 Å². The highest BCUT2D eigenvalue weighted by atomic mass is 32.1. The fraction of sp³-hybridized carbons (Fsp3) is 0.417. The quantitative estimate of drug-likeness (QED) is 0.268. The molecule has 2 aliphatic heterocycles. The number of rotatable bonds is 4. The maximum absolute atomic E-state index is 14.0. The molecule has 2 aliphatic rings. The number of halogens is 5. The van der Waals surface area contributed by atoms with E-state index in [1.54, 1.807) is 28.0 Å². The molecule has 36 heavy (non-hydrogen) atoms. The largest absolute Gasteiger partial charge is 0.497 e. The summed E-state index contributed by atoms with van der Waals surface area (Å²) in [6.45, 7) is 1.83. The van der Waals surface area contributed by atoms with E-state index in [0.717, 1.165) is 0 Å². The van der Waals surface area contributed by atoms with Crippen molar-refractivity contribution in [3.63, 3.8) is 0 Å². The minimum absolute atomic E-state index is 0.130. The van der Waals surface area contributed by atoms with Crippen molar-refractivity contribution in [3.8, 4) is 11.5 Å². The number of benzene rings is 2. The lowest BCUT2D eigenvalue weighted by Gasteiger charge is -2.39. The molecular formula is C24H24F5N3O3S. The fourth-order valence-corrected chi connectivity index (χ4v) is 5.01. The van der Waals surface area contributed by atoms with Gasteiger partial charge < -0.3 is 24.6 Å². The summed E-state index contributed by atoms with van der Waals surface area (Å²) in [7, 11) is 3.00. The average molecular weight is 530 g/mol. The minimum atomic E-state index is -2.23. The van der Waals surface area contributed by atoms with Gasteiger partial charge in [0.05, 0.1) is 19.8 Å². The summed E-state index contributed by atoms with van der Waals surface area (Å²) in [6, 6.07) is 5.01. The van der Waals surface area contributed by atoms with Gasteiger partial charge in [-0.05, 0) is 55.1 Å². The molecule has 2 aromatic rings. The second-order valence-electron chi connectivity index (χ2n) is 8.91. The van der Waals surface area contributed by atoms with E-state index in [-0.39, 0.29) is 16.4 Å². The van der Waals surface area contributed by atoms with Crippen molar-refractivity contribution >= 4 is 28.9 Å². The molecule has 194 valence electrons. The summed E-state index contributed by atoms with van der Waals surface area (Å²) in [5.74, 6) is -9.45. The summed E-state index contributed by atoms with van der Waals surface area (Å²) in [4.78, 5) is 16.5. The number of nitrogens with zero attached hydrogens (tertiary/aromatic N) is 2. The first-order chi connectivity index (χ1) is 17.1. The molecule has 12 heteroatoms. The van der Waals surface area contributed by atoms with Crippen LogP contribution in [0.4, 0.5) is 27.6 Å². The number of ether oxygens (including phenoxy) is 2. The number of hydrogen-bond acceptors (Lipinski definition) is 4. The van der Waals surface area contributed by atoms with Gasteiger partial charge >= 0.3 is 0 Å². The van der Waals surface area contributed by atoms with Crippen LogP contribution in [0.5, 0.6) is 11.5 Å². The molecule has 2 saturated heterocycles. The van der Waals surface area contributed by atoms with Gasteiger partial charge in [0.25, 0.3) is 5.91 Å². The monoisotopic (exact) mass is 529 g/mol. The Balaban J connectivity index is 1.41. The third-order valence-corrected chi connectivity index (χ3v) is 7.28. The smallest absolute Gasteiger partial charge is 0.257 e. The molecule has 2 aromatic carbocycles. The summed E-state index contributed by atoms with van der Waals surface area (Å²) in [5, 5.41) is 2.06. The summed E-state index contributed by atoms with van der Waals surface area (Å²) in [5.41, 5.74) is -0.976. The van der Waals surface area contributed by atoms with Crippen LogP contribution in [-0.2, 0) is 0 Å². The second-order valence-corrected chi connectivity index (χ2v) is 9.29. The van der Waals surface area contributed by atoms with Gasteiger partial charge in [0, 0.05) is 26.2 Å². The van der Waals surface area contributed by atoms with Gasteiger partial charge in [-0.2, -0.15) is 0 Å². The van der Waals surface area contributed by atoms with Crippen molar-refractivity contribution < 1.29 is 36.2 Å². The van der Waals surface area contributed by atoms with Crippen LogP contribution in [0.15, 0.2) is 18.2 Å². The van der Waals surface area contributed by atoms with Crippen LogP contribution >= 0.6 is 12.2 Å². The SMILES string of the molecule is COc1ccc(OC)c(C(=O)N2CCC3(CC2)CCN(C(=S)Nc2c(F)c(F)c(F)c(F)c2F)C3)c1. The van der Waals surface area contributed by atoms with E-state index >= 15 is 0 Å². The zero-order valence-corrected chi connectivity index (χ0v) is 20.4. The number of thiocarbonyl (C=S) groups is 1. The van der Waals surface area contributed by atoms with Crippen LogP contribution < -0.4 is 14.8 Å². The van der Waals surface area contributed by atoms with Crippen LogP contribution in [0.25, 0.3) is 0 Å². The van der Waals surface area contributed by atoms with E-state index in [1.165, 1.54) is 14.2 Å². The summed E-state index contributed by atoms with van der Waals surface area (Å²) >= 11 is 5.22. The highest BCUT2D eigenvalue weighted by molar-refractivity contribution is 7.80. The van der Waals surface area contributed by atoms with E-state index in [0.29, 0.717) is 62.5 Å². The highest BCUT2D eigenvalue weighted by Crippen LogP contribution is 2.41. The Bertz CT molecular complexity index is 1180. The molecule has 0 unspecified atom stereocenters. The van der Waals surface area contributed by atoms with E-state index in [2.05, 4.69) is 5.32 Å². The number of nitrogens with one attached hydrogen (secondary N) is 1. The Morgan fingerprint density at radius 3 is 2.00 bits per heavy atom. The van der Waals surface area contributed by atoms with Crippen LogP contribution in [0.1, 0.15) is 29.6 Å². The fourth-order valence-electron chi connectivity index (χ4n) is 4.75. The predicted molar refractivity (Wildman–Crippen MR) is 126 cm³/mol. The molecule has 0 radical (unpaired) electrons. The lowest BCUT2D eigenvalue weighted by molar-refractivity contribution is 0.0595. The van der Waals surface area contributed by atoms with Crippen LogP contribution in [0.3, 0.4) is 0 Å². The van der Waals surface area contributed by atoms with Crippen molar-refractivity contribution in [2.24, 2.45) is 5.41 Å². The number of hydrogen-bond donors (Lipinski definition) is 1. The first-order valence-electron chi connectivity index (χ1n) is 11.2. The van der Waals surface area contributed by atoms with Crippen LogP contribution in [0.2, 0.25) is 0 Å². The predicted octanol–water partition coefficient (Wildman–Crippen LogP) is 4.72. The van der Waals surface area contributed by atoms with Crippen LogP contribution in [0, 0.1) is 34.5 Å². The molecular weight excluding hydrogens is 505 g/mol. The topological polar surface area (TPSA) is 54.0 Å². The normalized spacial score (nSPS) is 16.9. The Morgan fingerprint density at radius 1 is 0.889 bits per heavy atom. The van der Waals surface area contributed by atoms with Gasteiger partial charge in [-0.1, -0.05) is 0 Å². The van der Waals surface area contributed by atoms with Crippen molar-refractivity contribution in [1.29, 1.82) is 0 Å². The number of likely N-dealkylation sites (tertiary alicyclic amines) is 2. The van der Waals surface area contributed by atoms with Crippen molar-refractivity contribution in [1.82, 2.24) is 9.80 Å². The first-order valence-corrected chi connectivity index (χ1v) is 11.6. The number of piperidine rings is 1. The molecule has 1 amide bonds. The lowest BCUT2D eigenvalue weighted by Crippen LogP contribution is -2.45. The maximum atomic E-state index is 14.0. The Kier molecular flexibility index (Phi) is 7.26. The average Bonchev–Trinajstić information content (AvgIpc) is 3.31. The van der Waals surface area contributed by atoms with Gasteiger partial charge in [0.15, 0.2) is 28.4 Å². The second kappa shape index (κ2) is 10.1. The van der Waals surface area contributed by atoms with Crippen molar-refractivity contribution in [2.45, 2.75) is 19.3 Å². The molecule has 2 fully saturated rings. The number of anilines is 1. The number of amides is 1. The van der Waals surface area contributed by atoms with Gasteiger partial charge in [-0.25, -0.2) is 22.0 Å². The van der Waals surface area contributed by atoms with Gasteiger partial charge in [-0.15, -0.1) is 0 Å². The number of carbonyl (C=O) groups is 1. The Morgan fingerprint density at radius 2 is 1.44 bits per heavy atom. The van der Waals surface area contributed by atoms with E-state index in [4.69, 9.17) is 21.7 Å². The molecule has 1 spiro atoms. The van der Waals surface area contributed by atoms with E-state index in [1.807, 2.05) is 0 Å². The molecule has 0 atom stereocenters. The molecule has 2 heterocycles. The Labute approximate surface area is 210 Å². The molecule has 1 N–H and O–H groups in total. The lowest BCUT2D eigenvalue weighted by atomic mass is 9.77. The van der Waals surface area contributed by atoms with E-state index in [9.17, 15) is 26.7 Å². The molecule has 6 nitrogen and oxygen atoms in total. The van der Waals surface area contributed by atoms with Crippen molar-refractivity contribution in [2.75, 3.05) is 45.7 Å². The number of carbonyl (C=O) groups excluding carboxylic acids is 1. The summed E-state index contributed by atoms with van der Waals surface area (Å²) in [6.07, 6.45) is 2.02. The molecule has 0 aliphatic carbocycles. The molecule has 4 rings (SSSR count). The van der Waals surface area contributed by atoms with E-state index < -0.39 is 34.8 Å². The highest BCUT2D eigenvalue weighted by Gasteiger charge is 2.42. The first kappa shape index (κ1) is 25.9. The summed E-state index contributed by atoms with van der Waals surface area (Å²) < 4.78 is 79.0. The zero-order valence-electron chi connectivity index (χ0n) is 19.6. The zero-order chi connectivity index (χ0) is 26.2. The van der Waals surface area contributed by atoms with Gasteiger partial charge in [0.2, 0.25) is 5.82 Å². The van der Waals surface area contributed by atoms with Crippen LogP contribution in [-0.4, -0.2) is 61.2 Å². The Hall–Kier alpha value is -3.15. The third-order valence-electron chi connectivity index (χ3n) is 6.92. The molecule has 0 saturated carbocycles. The molecule has 0 aromatic heterocycles. The third kappa shape index (κ3) is 4.65. The van der Waals surface area contributed by atoms with Gasteiger partial charge in [-0.3, -0.25) is 4.79 Å².